The van der Waals surface area contributed by atoms with E-state index in [-0.39, 0.29) is 0 Å². The maximum absolute atomic E-state index is 4.57. The highest BCUT2D eigenvalue weighted by atomic mass is 32.1. The maximum Gasteiger partial charge on any atom is 0.138 e. The van der Waals surface area contributed by atoms with Crippen LogP contribution >= 0.6 is 12.6 Å². The molecule has 3 aromatic rings. The Morgan fingerprint density at radius 1 is 0.938 bits per heavy atom. The van der Waals surface area contributed by atoms with Crippen LogP contribution in [0.5, 0.6) is 0 Å². The molecule has 0 saturated carbocycles. The molecule has 0 N–H and O–H groups in total. The molecule has 0 atom stereocenters. The third-order valence-corrected chi connectivity index (χ3v) is 2.98. The Kier molecular flexibility index (Phi) is 2.18. The fourth-order valence-corrected chi connectivity index (χ4v) is 2.12. The third kappa shape index (κ3) is 1.41. The van der Waals surface area contributed by atoms with E-state index in [1.54, 1.807) is 0 Å². The van der Waals surface area contributed by atoms with Gasteiger partial charge >= 0.3 is 0 Å². The number of benzene rings is 1. The third-order valence-electron chi connectivity index (χ3n) is 2.55. The summed E-state index contributed by atoms with van der Waals surface area (Å²) in [6.07, 6.45) is 1.97. The summed E-state index contributed by atoms with van der Waals surface area (Å²) < 4.78 is 1.98. The molecule has 0 aliphatic rings. The molecule has 16 heavy (non-hydrogen) atoms. The average molecular weight is 226 g/mol. The van der Waals surface area contributed by atoms with Crippen molar-refractivity contribution in [2.75, 3.05) is 0 Å². The smallest absolute Gasteiger partial charge is 0.138 e. The minimum Gasteiger partial charge on any atom is -0.294 e. The SMILES string of the molecule is Sc1c(-c2ccccc2)nc2ccccn12. The molecular weight excluding hydrogens is 216 g/mol. The number of imidazole rings is 1. The summed E-state index contributed by atoms with van der Waals surface area (Å²) in [4.78, 5) is 4.57. The minimum absolute atomic E-state index is 0.877. The van der Waals surface area contributed by atoms with Gasteiger partial charge in [0.05, 0.1) is 0 Å². The lowest BCUT2D eigenvalue weighted by atomic mass is 10.2. The van der Waals surface area contributed by atoms with Gasteiger partial charge < -0.3 is 0 Å². The number of aromatic nitrogens is 2. The minimum atomic E-state index is 0.877. The molecule has 0 radical (unpaired) electrons. The molecular formula is C13H10N2S. The van der Waals surface area contributed by atoms with Gasteiger partial charge in [0, 0.05) is 11.8 Å². The van der Waals surface area contributed by atoms with E-state index in [1.807, 2.05) is 59.1 Å². The summed E-state index contributed by atoms with van der Waals surface area (Å²) in [7, 11) is 0. The molecule has 3 heteroatoms. The summed E-state index contributed by atoms with van der Waals surface area (Å²) in [5, 5.41) is 0.877. The van der Waals surface area contributed by atoms with E-state index >= 15 is 0 Å². The maximum atomic E-state index is 4.57. The lowest BCUT2D eigenvalue weighted by Gasteiger charge is -1.97. The molecule has 1 aromatic carbocycles. The Labute approximate surface area is 99.0 Å². The average Bonchev–Trinajstić information content (AvgIpc) is 2.69. The predicted molar refractivity (Wildman–Crippen MR) is 67.9 cm³/mol. The molecule has 0 spiro atoms. The zero-order chi connectivity index (χ0) is 11.0. The van der Waals surface area contributed by atoms with Crippen molar-refractivity contribution >= 4 is 18.3 Å². The second-order valence-electron chi connectivity index (χ2n) is 3.58. The summed E-state index contributed by atoms with van der Waals surface area (Å²) in [6.45, 7) is 0. The summed E-state index contributed by atoms with van der Waals surface area (Å²) in [5.41, 5.74) is 2.94. The number of thiol groups is 1. The van der Waals surface area contributed by atoms with Crippen molar-refractivity contribution in [1.82, 2.24) is 9.38 Å². The van der Waals surface area contributed by atoms with Crippen molar-refractivity contribution in [3.8, 4) is 11.3 Å². The van der Waals surface area contributed by atoms with Gasteiger partial charge in [-0.15, -0.1) is 12.6 Å². The van der Waals surface area contributed by atoms with Gasteiger partial charge in [0.25, 0.3) is 0 Å². The molecule has 2 heterocycles. The highest BCUT2D eigenvalue weighted by molar-refractivity contribution is 7.80. The normalized spacial score (nSPS) is 10.8. The Balaban J connectivity index is 2.29. The van der Waals surface area contributed by atoms with E-state index in [4.69, 9.17) is 0 Å². The van der Waals surface area contributed by atoms with E-state index in [2.05, 4.69) is 17.6 Å². The molecule has 0 amide bonds. The van der Waals surface area contributed by atoms with Crippen LogP contribution in [0.3, 0.4) is 0 Å². The Morgan fingerprint density at radius 3 is 2.44 bits per heavy atom. The van der Waals surface area contributed by atoms with Gasteiger partial charge in [-0.25, -0.2) is 4.98 Å². The van der Waals surface area contributed by atoms with E-state index in [0.29, 0.717) is 0 Å². The molecule has 78 valence electrons. The zero-order valence-corrected chi connectivity index (χ0v) is 9.43. The van der Waals surface area contributed by atoms with Gasteiger partial charge in [-0.05, 0) is 12.1 Å². The summed E-state index contributed by atoms with van der Waals surface area (Å²) in [5.74, 6) is 0. The van der Waals surface area contributed by atoms with E-state index in [9.17, 15) is 0 Å². The number of pyridine rings is 1. The first-order chi connectivity index (χ1) is 7.86. The number of rotatable bonds is 1. The van der Waals surface area contributed by atoms with Crippen LogP contribution in [0.15, 0.2) is 59.8 Å². The van der Waals surface area contributed by atoms with E-state index < -0.39 is 0 Å². The monoisotopic (exact) mass is 226 g/mol. The quantitative estimate of drug-likeness (QED) is 0.630. The number of fused-ring (bicyclic) bond motifs is 1. The lowest BCUT2D eigenvalue weighted by molar-refractivity contribution is 1.06. The van der Waals surface area contributed by atoms with Gasteiger partial charge in [-0.3, -0.25) is 4.40 Å². The Hall–Kier alpha value is -1.74. The highest BCUT2D eigenvalue weighted by Crippen LogP contribution is 2.26. The number of hydrogen-bond donors (Lipinski definition) is 1. The van der Waals surface area contributed by atoms with Gasteiger partial charge in [0.15, 0.2) is 0 Å². The molecule has 3 rings (SSSR count). The first kappa shape index (κ1) is 9.48. The van der Waals surface area contributed by atoms with Crippen LogP contribution in [0.4, 0.5) is 0 Å². The van der Waals surface area contributed by atoms with E-state index in [0.717, 1.165) is 21.9 Å². The molecule has 0 aliphatic carbocycles. The zero-order valence-electron chi connectivity index (χ0n) is 8.54. The highest BCUT2D eigenvalue weighted by Gasteiger charge is 2.09. The van der Waals surface area contributed by atoms with Crippen LogP contribution in [0.2, 0.25) is 0 Å². The lowest BCUT2D eigenvalue weighted by Crippen LogP contribution is -1.82. The fourth-order valence-electron chi connectivity index (χ4n) is 1.77. The molecule has 0 unspecified atom stereocenters. The Morgan fingerprint density at radius 2 is 1.69 bits per heavy atom. The second kappa shape index (κ2) is 3.68. The molecule has 0 saturated heterocycles. The van der Waals surface area contributed by atoms with Crippen molar-refractivity contribution in [2.45, 2.75) is 5.03 Å². The van der Waals surface area contributed by atoms with Gasteiger partial charge in [0.2, 0.25) is 0 Å². The van der Waals surface area contributed by atoms with Crippen LogP contribution in [0.25, 0.3) is 16.9 Å². The van der Waals surface area contributed by atoms with Gasteiger partial charge in [-0.2, -0.15) is 0 Å². The Bertz CT molecular complexity index is 629. The first-order valence-electron chi connectivity index (χ1n) is 5.08. The van der Waals surface area contributed by atoms with Crippen LogP contribution < -0.4 is 0 Å². The van der Waals surface area contributed by atoms with Crippen LogP contribution in [-0.4, -0.2) is 9.38 Å². The van der Waals surface area contributed by atoms with Crippen LogP contribution in [-0.2, 0) is 0 Å². The van der Waals surface area contributed by atoms with Crippen LogP contribution in [0.1, 0.15) is 0 Å². The van der Waals surface area contributed by atoms with Gasteiger partial charge in [0.1, 0.15) is 16.4 Å². The predicted octanol–water partition coefficient (Wildman–Crippen LogP) is 3.29. The first-order valence-corrected chi connectivity index (χ1v) is 5.52. The molecule has 0 bridgehead atoms. The van der Waals surface area contributed by atoms with Crippen molar-refractivity contribution in [3.63, 3.8) is 0 Å². The topological polar surface area (TPSA) is 17.3 Å². The largest absolute Gasteiger partial charge is 0.294 e. The molecule has 0 aliphatic heterocycles. The number of hydrogen-bond acceptors (Lipinski definition) is 2. The van der Waals surface area contributed by atoms with Crippen LogP contribution in [0, 0.1) is 0 Å². The molecule has 2 aromatic heterocycles. The molecule has 0 fully saturated rings. The van der Waals surface area contributed by atoms with Crippen molar-refractivity contribution in [3.05, 3.63) is 54.7 Å². The number of nitrogens with zero attached hydrogens (tertiary/aromatic N) is 2. The van der Waals surface area contributed by atoms with Crippen molar-refractivity contribution in [2.24, 2.45) is 0 Å². The van der Waals surface area contributed by atoms with Gasteiger partial charge in [-0.1, -0.05) is 36.4 Å². The summed E-state index contributed by atoms with van der Waals surface area (Å²) >= 11 is 4.53. The standard InChI is InChI=1S/C13H10N2S/c16-13-12(10-6-2-1-3-7-10)14-11-8-4-5-9-15(11)13/h1-9,16H. The van der Waals surface area contributed by atoms with E-state index in [1.165, 1.54) is 0 Å². The second-order valence-corrected chi connectivity index (χ2v) is 4.00. The molecule has 2 nitrogen and oxygen atoms in total. The van der Waals surface area contributed by atoms with Crippen molar-refractivity contribution < 1.29 is 0 Å². The van der Waals surface area contributed by atoms with Crippen molar-refractivity contribution in [1.29, 1.82) is 0 Å². The summed E-state index contributed by atoms with van der Waals surface area (Å²) in [6, 6.07) is 16.0. The fraction of sp³-hybridized carbons (Fsp3) is 0.